The number of fused-ring (bicyclic) bond motifs is 1. The van der Waals surface area contributed by atoms with E-state index in [0.717, 1.165) is 0 Å². The summed E-state index contributed by atoms with van der Waals surface area (Å²) in [5.41, 5.74) is -1.11. The molecule has 0 bridgehead atoms. The quantitative estimate of drug-likeness (QED) is 0.584. The molecule has 6 nitrogen and oxygen atoms in total. The third-order valence-electron chi connectivity index (χ3n) is 4.09. The predicted molar refractivity (Wildman–Crippen MR) is 70.4 cm³/mol. The van der Waals surface area contributed by atoms with Gasteiger partial charge in [-0.3, -0.25) is 9.59 Å². The van der Waals surface area contributed by atoms with Gasteiger partial charge in [0.25, 0.3) is 11.8 Å². The van der Waals surface area contributed by atoms with Gasteiger partial charge in [-0.2, -0.15) is 12.6 Å². The summed E-state index contributed by atoms with van der Waals surface area (Å²) in [6.45, 7) is 2.21. The van der Waals surface area contributed by atoms with Gasteiger partial charge in [-0.1, -0.05) is 6.92 Å². The molecule has 2 rings (SSSR count). The van der Waals surface area contributed by atoms with E-state index in [1.165, 1.54) is 10.0 Å². The number of hydrogen-bond acceptors (Lipinski definition) is 4. The molecule has 2 atom stereocenters. The highest BCUT2D eigenvalue weighted by Gasteiger charge is 2.59. The SMILES string of the molecule is CCC1(CCS)C(=O)N2CCCC(C(=O)O)N2C1=O. The second kappa shape index (κ2) is 5.03. The van der Waals surface area contributed by atoms with Crippen LogP contribution in [-0.2, 0) is 14.4 Å². The smallest absolute Gasteiger partial charge is 0.328 e. The molecule has 2 saturated heterocycles. The molecule has 0 spiro atoms. The van der Waals surface area contributed by atoms with Crippen molar-refractivity contribution in [3.63, 3.8) is 0 Å². The Balaban J connectivity index is 2.41. The summed E-state index contributed by atoms with van der Waals surface area (Å²) in [4.78, 5) is 36.3. The van der Waals surface area contributed by atoms with E-state index in [-0.39, 0.29) is 11.8 Å². The van der Waals surface area contributed by atoms with Crippen LogP contribution < -0.4 is 0 Å². The minimum absolute atomic E-state index is 0.264. The minimum Gasteiger partial charge on any atom is -0.480 e. The molecule has 0 aliphatic carbocycles. The van der Waals surface area contributed by atoms with Gasteiger partial charge in [0, 0.05) is 6.54 Å². The number of rotatable bonds is 4. The van der Waals surface area contributed by atoms with Crippen LogP contribution in [0.5, 0.6) is 0 Å². The Morgan fingerprint density at radius 1 is 1.47 bits per heavy atom. The Bertz CT molecular complexity index is 428. The lowest BCUT2D eigenvalue weighted by Crippen LogP contribution is -2.54. The molecule has 0 radical (unpaired) electrons. The number of aliphatic carboxylic acids is 1. The molecule has 0 aromatic heterocycles. The maximum Gasteiger partial charge on any atom is 0.328 e. The molecule has 0 saturated carbocycles. The van der Waals surface area contributed by atoms with Crippen molar-refractivity contribution in [2.75, 3.05) is 12.3 Å². The van der Waals surface area contributed by atoms with Crippen LogP contribution in [0, 0.1) is 5.41 Å². The van der Waals surface area contributed by atoms with E-state index in [1.54, 1.807) is 6.92 Å². The van der Waals surface area contributed by atoms with Gasteiger partial charge in [0.15, 0.2) is 6.04 Å². The Labute approximate surface area is 117 Å². The molecule has 2 fully saturated rings. The van der Waals surface area contributed by atoms with Gasteiger partial charge >= 0.3 is 5.97 Å². The summed E-state index contributed by atoms with van der Waals surface area (Å²) >= 11 is 4.12. The largest absolute Gasteiger partial charge is 0.480 e. The van der Waals surface area contributed by atoms with Gasteiger partial charge in [0.2, 0.25) is 0 Å². The molecule has 2 aliphatic heterocycles. The van der Waals surface area contributed by atoms with Crippen LogP contribution in [0.4, 0.5) is 0 Å². The molecule has 0 aromatic carbocycles. The van der Waals surface area contributed by atoms with Crippen molar-refractivity contribution in [3.05, 3.63) is 0 Å². The van der Waals surface area contributed by atoms with Gasteiger partial charge < -0.3 is 5.11 Å². The summed E-state index contributed by atoms with van der Waals surface area (Å²) in [5, 5.41) is 11.7. The molecule has 7 heteroatoms. The number of nitrogens with zero attached hydrogens (tertiary/aromatic N) is 2. The highest BCUT2D eigenvalue weighted by atomic mass is 32.1. The zero-order valence-corrected chi connectivity index (χ0v) is 11.7. The van der Waals surface area contributed by atoms with E-state index in [4.69, 9.17) is 0 Å². The van der Waals surface area contributed by atoms with Crippen LogP contribution in [0.3, 0.4) is 0 Å². The van der Waals surface area contributed by atoms with E-state index < -0.39 is 17.4 Å². The molecule has 0 aromatic rings. The Kier molecular flexibility index (Phi) is 3.75. The second-order valence-electron chi connectivity index (χ2n) is 4.98. The average molecular weight is 286 g/mol. The fourth-order valence-corrected chi connectivity index (χ4v) is 3.33. The summed E-state index contributed by atoms with van der Waals surface area (Å²) in [7, 11) is 0. The first-order valence-corrected chi connectivity index (χ1v) is 7.12. The molecule has 19 heavy (non-hydrogen) atoms. The van der Waals surface area contributed by atoms with Crippen molar-refractivity contribution >= 4 is 30.4 Å². The normalized spacial score (nSPS) is 30.7. The van der Waals surface area contributed by atoms with Crippen LogP contribution in [-0.4, -0.2) is 51.2 Å². The number of carboxylic acid groups (broad SMARTS) is 1. The van der Waals surface area contributed by atoms with E-state index in [1.807, 2.05) is 0 Å². The Hall–Kier alpha value is -1.24. The van der Waals surface area contributed by atoms with Gasteiger partial charge in [0.05, 0.1) is 0 Å². The van der Waals surface area contributed by atoms with Crippen molar-refractivity contribution in [1.29, 1.82) is 0 Å². The van der Waals surface area contributed by atoms with E-state index >= 15 is 0 Å². The second-order valence-corrected chi connectivity index (χ2v) is 5.43. The molecular formula is C12H18N2O4S. The van der Waals surface area contributed by atoms with Crippen LogP contribution in [0.2, 0.25) is 0 Å². The standard InChI is InChI=1S/C12H18N2O4S/c1-2-12(5-7-19)10(17)13-6-3-4-8(9(15)16)14(13)11(12)18/h8,19H,2-7H2,1H3,(H,15,16). The summed E-state index contributed by atoms with van der Waals surface area (Å²) < 4.78 is 0. The number of amides is 2. The predicted octanol–water partition coefficient (Wildman–Crippen LogP) is 0.535. The number of hydrogen-bond donors (Lipinski definition) is 2. The molecule has 2 amide bonds. The first kappa shape index (κ1) is 14.2. The zero-order chi connectivity index (χ0) is 14.2. The van der Waals surface area contributed by atoms with Crippen LogP contribution >= 0.6 is 12.6 Å². The third kappa shape index (κ3) is 1.91. The average Bonchev–Trinajstić information content (AvgIpc) is 2.61. The van der Waals surface area contributed by atoms with Gasteiger partial charge in [0.1, 0.15) is 5.41 Å². The number of hydrazine groups is 1. The van der Waals surface area contributed by atoms with Crippen LogP contribution in [0.15, 0.2) is 0 Å². The van der Waals surface area contributed by atoms with Crippen LogP contribution in [0.1, 0.15) is 32.6 Å². The summed E-state index contributed by atoms with van der Waals surface area (Å²) in [5.74, 6) is -1.27. The zero-order valence-electron chi connectivity index (χ0n) is 10.8. The van der Waals surface area contributed by atoms with Gasteiger partial charge in [-0.05, 0) is 31.4 Å². The minimum atomic E-state index is -1.11. The lowest BCUT2D eigenvalue weighted by atomic mass is 9.81. The van der Waals surface area contributed by atoms with Crippen molar-refractivity contribution in [2.24, 2.45) is 5.41 Å². The lowest BCUT2D eigenvalue weighted by molar-refractivity contribution is -0.169. The lowest BCUT2D eigenvalue weighted by Gasteiger charge is -2.36. The van der Waals surface area contributed by atoms with Crippen molar-refractivity contribution < 1.29 is 19.5 Å². The molecule has 2 unspecified atom stereocenters. The molecule has 106 valence electrons. The first-order valence-electron chi connectivity index (χ1n) is 6.48. The fourth-order valence-electron chi connectivity index (χ4n) is 2.95. The molecule has 1 N–H and O–H groups in total. The van der Waals surface area contributed by atoms with E-state index in [9.17, 15) is 19.5 Å². The molecule has 2 heterocycles. The first-order chi connectivity index (χ1) is 8.99. The number of carboxylic acids is 1. The highest BCUT2D eigenvalue weighted by Crippen LogP contribution is 2.41. The topological polar surface area (TPSA) is 77.9 Å². The summed E-state index contributed by atoms with van der Waals surface area (Å²) in [6, 6.07) is -0.918. The Morgan fingerprint density at radius 3 is 2.68 bits per heavy atom. The van der Waals surface area contributed by atoms with Gasteiger partial charge in [-0.25, -0.2) is 14.8 Å². The van der Waals surface area contributed by atoms with Crippen molar-refractivity contribution in [3.8, 4) is 0 Å². The number of carbonyl (C=O) groups is 3. The maximum absolute atomic E-state index is 12.6. The molecular weight excluding hydrogens is 268 g/mol. The Morgan fingerprint density at radius 2 is 2.16 bits per heavy atom. The van der Waals surface area contributed by atoms with Gasteiger partial charge in [-0.15, -0.1) is 0 Å². The number of carbonyl (C=O) groups excluding carboxylic acids is 2. The van der Waals surface area contributed by atoms with Crippen LogP contribution in [0.25, 0.3) is 0 Å². The maximum atomic E-state index is 12.6. The highest BCUT2D eigenvalue weighted by molar-refractivity contribution is 7.80. The third-order valence-corrected chi connectivity index (χ3v) is 4.31. The molecule has 2 aliphatic rings. The fraction of sp³-hybridized carbons (Fsp3) is 0.750. The van der Waals surface area contributed by atoms with Crippen molar-refractivity contribution in [2.45, 2.75) is 38.6 Å². The van der Waals surface area contributed by atoms with Crippen molar-refractivity contribution in [1.82, 2.24) is 10.0 Å². The van der Waals surface area contributed by atoms with E-state index in [2.05, 4.69) is 12.6 Å². The summed E-state index contributed by atoms with van der Waals surface area (Å²) in [6.07, 6.45) is 1.73. The number of thiol groups is 1. The van der Waals surface area contributed by atoms with E-state index in [0.29, 0.717) is 38.0 Å². The monoisotopic (exact) mass is 286 g/mol.